The number of aliphatic hydroxyl groups is 1. The second-order valence-electron chi connectivity index (χ2n) is 4.14. The molecule has 0 aliphatic carbocycles. The Morgan fingerprint density at radius 2 is 2.11 bits per heavy atom. The van der Waals surface area contributed by atoms with Gasteiger partial charge < -0.3 is 14.6 Å². The van der Waals surface area contributed by atoms with Crippen molar-refractivity contribution < 1.29 is 14.6 Å². The Morgan fingerprint density at radius 3 is 2.68 bits per heavy atom. The number of ether oxygens (including phenoxy) is 2. The lowest BCUT2D eigenvalue weighted by Crippen LogP contribution is -2.29. The first-order chi connectivity index (χ1) is 9.24. The fraction of sp³-hybridized carbons (Fsp3) is 0.500. The minimum atomic E-state index is 0.102. The molecule has 1 N–H and O–H groups in total. The summed E-state index contributed by atoms with van der Waals surface area (Å²) in [6.45, 7) is 2.71. The van der Waals surface area contributed by atoms with Crippen molar-refractivity contribution in [1.29, 1.82) is 5.26 Å². The third-order valence-electron chi connectivity index (χ3n) is 2.82. The molecule has 1 rings (SSSR count). The van der Waals surface area contributed by atoms with Crippen LogP contribution in [0.3, 0.4) is 0 Å². The molecule has 0 aromatic heterocycles. The molecule has 0 saturated carbocycles. The summed E-state index contributed by atoms with van der Waals surface area (Å²) >= 11 is 0. The van der Waals surface area contributed by atoms with Crippen LogP contribution in [0.4, 0.5) is 0 Å². The van der Waals surface area contributed by atoms with E-state index in [-0.39, 0.29) is 6.61 Å². The molecule has 1 aromatic carbocycles. The lowest BCUT2D eigenvalue weighted by Gasteiger charge is -2.21. The summed E-state index contributed by atoms with van der Waals surface area (Å²) in [4.78, 5) is 2.08. The zero-order valence-electron chi connectivity index (χ0n) is 11.4. The number of benzene rings is 1. The maximum atomic E-state index is 9.05. The summed E-state index contributed by atoms with van der Waals surface area (Å²) in [7, 11) is 3.20. The van der Waals surface area contributed by atoms with Crippen molar-refractivity contribution in [3.05, 3.63) is 29.3 Å². The molecule has 0 aliphatic heterocycles. The van der Waals surface area contributed by atoms with E-state index in [1.807, 2.05) is 12.1 Å². The Hall–Kier alpha value is -1.61. The highest BCUT2D eigenvalue weighted by Gasteiger charge is 2.08. The highest BCUT2D eigenvalue weighted by atomic mass is 16.5. The van der Waals surface area contributed by atoms with E-state index in [9.17, 15) is 0 Å². The second-order valence-corrected chi connectivity index (χ2v) is 4.14. The van der Waals surface area contributed by atoms with Gasteiger partial charge in [0.1, 0.15) is 11.8 Å². The maximum absolute atomic E-state index is 9.05. The van der Waals surface area contributed by atoms with Gasteiger partial charge in [-0.3, -0.25) is 4.90 Å². The van der Waals surface area contributed by atoms with Crippen LogP contribution in [0, 0.1) is 11.3 Å². The fourth-order valence-corrected chi connectivity index (χ4v) is 1.83. The van der Waals surface area contributed by atoms with E-state index in [1.54, 1.807) is 20.3 Å². The molecule has 104 valence electrons. The molecule has 0 fully saturated rings. The molecule has 0 amide bonds. The van der Waals surface area contributed by atoms with Gasteiger partial charge in [0, 0.05) is 26.7 Å². The molecule has 1 aromatic rings. The number of hydrogen-bond donors (Lipinski definition) is 1. The minimum absolute atomic E-state index is 0.102. The zero-order chi connectivity index (χ0) is 14.1. The van der Waals surface area contributed by atoms with Crippen LogP contribution in [0.15, 0.2) is 18.2 Å². The Bertz CT molecular complexity index is 429. The van der Waals surface area contributed by atoms with E-state index in [4.69, 9.17) is 19.8 Å². The van der Waals surface area contributed by atoms with Crippen molar-refractivity contribution >= 4 is 0 Å². The van der Waals surface area contributed by atoms with Crippen molar-refractivity contribution in [2.45, 2.75) is 6.54 Å². The van der Waals surface area contributed by atoms with Crippen molar-refractivity contribution in [3.63, 3.8) is 0 Å². The number of nitriles is 1. The van der Waals surface area contributed by atoms with Gasteiger partial charge in [-0.05, 0) is 17.7 Å². The predicted octanol–water partition coefficient (Wildman–Crippen LogP) is 1.01. The molecule has 0 unspecified atom stereocenters. The Morgan fingerprint density at radius 1 is 1.32 bits per heavy atom. The van der Waals surface area contributed by atoms with Gasteiger partial charge in [-0.25, -0.2) is 0 Å². The molecule has 0 radical (unpaired) electrons. The third-order valence-corrected chi connectivity index (χ3v) is 2.82. The molecule has 19 heavy (non-hydrogen) atoms. The van der Waals surface area contributed by atoms with Crippen LogP contribution in [0.2, 0.25) is 0 Å². The van der Waals surface area contributed by atoms with E-state index >= 15 is 0 Å². The van der Waals surface area contributed by atoms with E-state index < -0.39 is 0 Å². The third kappa shape index (κ3) is 4.87. The summed E-state index contributed by atoms with van der Waals surface area (Å²) in [5.74, 6) is 0.580. The standard InChI is InChI=1S/C14H20N2O3/c1-18-8-6-16(5-7-17)11-12-3-4-14(19-2)13(9-12)10-15/h3-4,9,17H,5-8,11H2,1-2H3. The first-order valence-electron chi connectivity index (χ1n) is 6.14. The topological polar surface area (TPSA) is 65.7 Å². The number of rotatable bonds is 8. The lowest BCUT2D eigenvalue weighted by atomic mass is 10.1. The average Bonchev–Trinajstić information content (AvgIpc) is 2.44. The van der Waals surface area contributed by atoms with Crippen molar-refractivity contribution in [1.82, 2.24) is 4.90 Å². The van der Waals surface area contributed by atoms with Crippen LogP contribution >= 0.6 is 0 Å². The van der Waals surface area contributed by atoms with Crippen LogP contribution in [-0.2, 0) is 11.3 Å². The van der Waals surface area contributed by atoms with Gasteiger partial charge in [0.05, 0.1) is 25.9 Å². The quantitative estimate of drug-likeness (QED) is 0.759. The van der Waals surface area contributed by atoms with Crippen LogP contribution in [0.25, 0.3) is 0 Å². The monoisotopic (exact) mass is 264 g/mol. The first-order valence-corrected chi connectivity index (χ1v) is 6.14. The molecule has 5 nitrogen and oxygen atoms in total. The van der Waals surface area contributed by atoms with Crippen LogP contribution in [0.1, 0.15) is 11.1 Å². The normalized spacial score (nSPS) is 10.5. The second kappa shape index (κ2) is 8.48. The van der Waals surface area contributed by atoms with E-state index in [0.717, 1.165) is 12.1 Å². The lowest BCUT2D eigenvalue weighted by molar-refractivity contribution is 0.127. The summed E-state index contributed by atoms with van der Waals surface area (Å²) in [5, 5.41) is 18.1. The predicted molar refractivity (Wildman–Crippen MR) is 71.9 cm³/mol. The maximum Gasteiger partial charge on any atom is 0.136 e. The number of methoxy groups -OCH3 is 2. The van der Waals surface area contributed by atoms with Crippen LogP contribution in [0.5, 0.6) is 5.75 Å². The molecule has 0 saturated heterocycles. The van der Waals surface area contributed by atoms with Crippen LogP contribution in [-0.4, -0.2) is 50.5 Å². The smallest absolute Gasteiger partial charge is 0.136 e. The molecule has 0 atom stereocenters. The largest absolute Gasteiger partial charge is 0.495 e. The Labute approximate surface area is 114 Å². The van der Waals surface area contributed by atoms with E-state index in [1.165, 1.54) is 0 Å². The van der Waals surface area contributed by atoms with Crippen molar-refractivity contribution in [2.75, 3.05) is 40.5 Å². The first kappa shape index (κ1) is 15.4. The SMILES string of the molecule is COCCN(CCO)Cc1ccc(OC)c(C#N)c1. The summed E-state index contributed by atoms with van der Waals surface area (Å²) in [6, 6.07) is 7.65. The van der Waals surface area contributed by atoms with Gasteiger partial charge in [0.2, 0.25) is 0 Å². The summed E-state index contributed by atoms with van der Waals surface area (Å²) < 4.78 is 10.2. The molecule has 5 heteroatoms. The Balaban J connectivity index is 2.76. The molecular weight excluding hydrogens is 244 g/mol. The van der Waals surface area contributed by atoms with Gasteiger partial charge >= 0.3 is 0 Å². The van der Waals surface area contributed by atoms with Crippen molar-refractivity contribution in [3.8, 4) is 11.8 Å². The number of aliphatic hydroxyl groups excluding tert-OH is 1. The summed E-state index contributed by atoms with van der Waals surface area (Å²) in [5.41, 5.74) is 1.54. The summed E-state index contributed by atoms with van der Waals surface area (Å²) in [6.07, 6.45) is 0. The molecular formula is C14H20N2O3. The number of nitrogens with zero attached hydrogens (tertiary/aromatic N) is 2. The highest BCUT2D eigenvalue weighted by molar-refractivity contribution is 5.45. The van der Waals surface area contributed by atoms with E-state index in [0.29, 0.717) is 31.0 Å². The molecule has 0 aliphatic rings. The highest BCUT2D eigenvalue weighted by Crippen LogP contribution is 2.19. The van der Waals surface area contributed by atoms with Crippen molar-refractivity contribution in [2.24, 2.45) is 0 Å². The van der Waals surface area contributed by atoms with Gasteiger partial charge in [-0.1, -0.05) is 6.07 Å². The van der Waals surface area contributed by atoms with E-state index in [2.05, 4.69) is 11.0 Å². The average molecular weight is 264 g/mol. The minimum Gasteiger partial charge on any atom is -0.495 e. The van der Waals surface area contributed by atoms with Crippen LogP contribution < -0.4 is 4.74 Å². The molecule has 0 heterocycles. The zero-order valence-corrected chi connectivity index (χ0v) is 11.4. The van der Waals surface area contributed by atoms with Gasteiger partial charge in [0.15, 0.2) is 0 Å². The Kier molecular flexibility index (Phi) is 6.90. The number of hydrogen-bond acceptors (Lipinski definition) is 5. The molecule has 0 bridgehead atoms. The van der Waals surface area contributed by atoms with Gasteiger partial charge in [-0.15, -0.1) is 0 Å². The van der Waals surface area contributed by atoms with Gasteiger partial charge in [0.25, 0.3) is 0 Å². The molecule has 0 spiro atoms. The fourth-order valence-electron chi connectivity index (χ4n) is 1.83. The van der Waals surface area contributed by atoms with Gasteiger partial charge in [-0.2, -0.15) is 5.26 Å².